The number of aryl methyl sites for hydroxylation is 1. The first-order chi connectivity index (χ1) is 12.6. The van der Waals surface area contributed by atoms with E-state index < -0.39 is 0 Å². The van der Waals surface area contributed by atoms with Crippen LogP contribution in [0.1, 0.15) is 42.1 Å². The van der Waals surface area contributed by atoms with Crippen molar-refractivity contribution in [2.75, 3.05) is 38.6 Å². The lowest BCUT2D eigenvalue weighted by molar-refractivity contribution is -0.121. The average Bonchev–Trinajstić information content (AvgIpc) is 3.16. The van der Waals surface area contributed by atoms with Crippen LogP contribution in [-0.4, -0.2) is 72.5 Å². The Balaban J connectivity index is 1.77. The van der Waals surface area contributed by atoms with Crippen molar-refractivity contribution in [3.05, 3.63) is 17.1 Å². The molecule has 0 bridgehead atoms. The standard InChI is InChI=1S/C19H30N6O2/c1-11-12(2)21-15(18(27)24(5)6)23-16(11)25-8-7-13(9-25)22-14-17(26)20-10-19(14,3)4/h13-14,22H,7-10H2,1-6H3,(H,20,26)/t13-,14?/m1/s1. The molecule has 2 fully saturated rings. The number of nitrogens with zero attached hydrogens (tertiary/aromatic N) is 4. The van der Waals surface area contributed by atoms with Crippen molar-refractivity contribution in [1.29, 1.82) is 0 Å². The van der Waals surface area contributed by atoms with Gasteiger partial charge in [0.2, 0.25) is 11.7 Å². The number of carbonyl (C=O) groups excluding carboxylic acids is 2. The lowest BCUT2D eigenvalue weighted by Crippen LogP contribution is -2.49. The summed E-state index contributed by atoms with van der Waals surface area (Å²) in [5.41, 5.74) is 1.71. The van der Waals surface area contributed by atoms with Gasteiger partial charge in [-0.3, -0.25) is 9.59 Å². The van der Waals surface area contributed by atoms with Crippen molar-refractivity contribution in [3.8, 4) is 0 Å². The topological polar surface area (TPSA) is 90.5 Å². The summed E-state index contributed by atoms with van der Waals surface area (Å²) in [6.07, 6.45) is 0.930. The molecule has 8 heteroatoms. The normalized spacial score (nSPS) is 24.2. The highest BCUT2D eigenvalue weighted by molar-refractivity contribution is 5.90. The number of hydrogen-bond acceptors (Lipinski definition) is 6. The molecule has 8 nitrogen and oxygen atoms in total. The summed E-state index contributed by atoms with van der Waals surface area (Å²) in [7, 11) is 3.40. The monoisotopic (exact) mass is 374 g/mol. The van der Waals surface area contributed by atoms with E-state index in [1.807, 2.05) is 13.8 Å². The van der Waals surface area contributed by atoms with Crippen LogP contribution in [0.2, 0.25) is 0 Å². The van der Waals surface area contributed by atoms with Gasteiger partial charge in [-0.05, 0) is 20.3 Å². The van der Waals surface area contributed by atoms with Crippen LogP contribution in [0.25, 0.3) is 0 Å². The van der Waals surface area contributed by atoms with E-state index in [0.29, 0.717) is 6.54 Å². The number of amides is 2. The minimum absolute atomic E-state index is 0.0753. The van der Waals surface area contributed by atoms with Crippen molar-refractivity contribution < 1.29 is 9.59 Å². The molecule has 2 amide bonds. The Morgan fingerprint density at radius 3 is 2.59 bits per heavy atom. The van der Waals surface area contributed by atoms with Gasteiger partial charge in [0, 0.05) is 56.4 Å². The Bertz CT molecular complexity index is 761. The SMILES string of the molecule is Cc1nc(C(=O)N(C)C)nc(N2CC[C@@H](NC3C(=O)NCC3(C)C)C2)c1C. The molecule has 1 aromatic heterocycles. The van der Waals surface area contributed by atoms with E-state index in [4.69, 9.17) is 0 Å². The summed E-state index contributed by atoms with van der Waals surface area (Å²) < 4.78 is 0. The molecule has 1 unspecified atom stereocenters. The molecule has 3 rings (SSSR count). The maximum atomic E-state index is 12.3. The third-order valence-electron chi connectivity index (χ3n) is 5.61. The van der Waals surface area contributed by atoms with Crippen LogP contribution in [0.5, 0.6) is 0 Å². The van der Waals surface area contributed by atoms with E-state index in [-0.39, 0.29) is 35.1 Å². The van der Waals surface area contributed by atoms with Gasteiger partial charge in [-0.25, -0.2) is 9.97 Å². The van der Waals surface area contributed by atoms with Crippen molar-refractivity contribution in [2.24, 2.45) is 5.41 Å². The van der Waals surface area contributed by atoms with E-state index in [2.05, 4.69) is 39.3 Å². The van der Waals surface area contributed by atoms with E-state index in [9.17, 15) is 9.59 Å². The minimum Gasteiger partial charge on any atom is -0.355 e. The first kappa shape index (κ1) is 19.5. The van der Waals surface area contributed by atoms with Crippen LogP contribution in [-0.2, 0) is 4.79 Å². The van der Waals surface area contributed by atoms with Gasteiger partial charge in [-0.15, -0.1) is 0 Å². The minimum atomic E-state index is -0.197. The summed E-state index contributed by atoms with van der Waals surface area (Å²) in [6.45, 7) is 10.4. The van der Waals surface area contributed by atoms with E-state index in [0.717, 1.165) is 36.6 Å². The number of rotatable bonds is 4. The first-order valence-electron chi connectivity index (χ1n) is 9.46. The molecule has 2 aliphatic rings. The van der Waals surface area contributed by atoms with Crippen LogP contribution in [0.3, 0.4) is 0 Å². The van der Waals surface area contributed by atoms with Crippen molar-refractivity contribution >= 4 is 17.6 Å². The molecule has 0 aromatic carbocycles. The molecule has 0 radical (unpaired) electrons. The summed E-state index contributed by atoms with van der Waals surface area (Å²) in [5, 5.41) is 6.48. The predicted octanol–water partition coefficient (Wildman–Crippen LogP) is 0.488. The lowest BCUT2D eigenvalue weighted by Gasteiger charge is -2.28. The largest absolute Gasteiger partial charge is 0.355 e. The maximum absolute atomic E-state index is 12.3. The van der Waals surface area contributed by atoms with Crippen LogP contribution < -0.4 is 15.5 Å². The van der Waals surface area contributed by atoms with Gasteiger partial charge in [-0.2, -0.15) is 0 Å². The number of anilines is 1. The van der Waals surface area contributed by atoms with E-state index >= 15 is 0 Å². The van der Waals surface area contributed by atoms with Crippen molar-refractivity contribution in [1.82, 2.24) is 25.5 Å². The molecule has 27 heavy (non-hydrogen) atoms. The lowest BCUT2D eigenvalue weighted by atomic mass is 9.87. The summed E-state index contributed by atoms with van der Waals surface area (Å²) in [6, 6.07) is 0.0300. The molecular weight excluding hydrogens is 344 g/mol. The van der Waals surface area contributed by atoms with Crippen LogP contribution in [0.15, 0.2) is 0 Å². The zero-order valence-corrected chi connectivity index (χ0v) is 17.1. The average molecular weight is 374 g/mol. The molecule has 148 valence electrons. The van der Waals surface area contributed by atoms with Gasteiger partial charge >= 0.3 is 0 Å². The Labute approximate surface area is 160 Å². The van der Waals surface area contributed by atoms with Gasteiger partial charge in [0.05, 0.1) is 6.04 Å². The molecule has 3 heterocycles. The zero-order valence-electron chi connectivity index (χ0n) is 17.1. The summed E-state index contributed by atoms with van der Waals surface area (Å²) in [4.78, 5) is 37.1. The van der Waals surface area contributed by atoms with E-state index in [1.165, 1.54) is 4.90 Å². The molecule has 0 saturated carbocycles. The smallest absolute Gasteiger partial charge is 0.291 e. The third-order valence-corrected chi connectivity index (χ3v) is 5.61. The highest BCUT2D eigenvalue weighted by Gasteiger charge is 2.43. The Morgan fingerprint density at radius 2 is 2.00 bits per heavy atom. The van der Waals surface area contributed by atoms with Crippen LogP contribution in [0.4, 0.5) is 5.82 Å². The Kier molecular flexibility index (Phi) is 5.12. The quantitative estimate of drug-likeness (QED) is 0.797. The number of nitrogens with one attached hydrogen (secondary N) is 2. The fraction of sp³-hybridized carbons (Fsp3) is 0.684. The third kappa shape index (κ3) is 3.76. The molecular formula is C19H30N6O2. The van der Waals surface area contributed by atoms with Gasteiger partial charge < -0.3 is 20.4 Å². The van der Waals surface area contributed by atoms with Crippen molar-refractivity contribution in [2.45, 2.75) is 46.2 Å². The van der Waals surface area contributed by atoms with Gasteiger partial charge in [0.15, 0.2) is 0 Å². The Hall–Kier alpha value is -2.22. The molecule has 2 atom stereocenters. The van der Waals surface area contributed by atoms with Gasteiger partial charge in [-0.1, -0.05) is 13.8 Å². The fourth-order valence-electron chi connectivity index (χ4n) is 3.72. The number of hydrogen-bond donors (Lipinski definition) is 2. The van der Waals surface area contributed by atoms with Gasteiger partial charge in [0.1, 0.15) is 5.82 Å². The van der Waals surface area contributed by atoms with Crippen molar-refractivity contribution in [3.63, 3.8) is 0 Å². The summed E-state index contributed by atoms with van der Waals surface area (Å²) in [5.74, 6) is 0.918. The first-order valence-corrected chi connectivity index (χ1v) is 9.46. The van der Waals surface area contributed by atoms with E-state index in [1.54, 1.807) is 14.1 Å². The Morgan fingerprint density at radius 1 is 1.30 bits per heavy atom. The second-order valence-electron chi connectivity index (χ2n) is 8.52. The fourth-order valence-corrected chi connectivity index (χ4v) is 3.72. The molecule has 1 aromatic rings. The second-order valence-corrected chi connectivity index (χ2v) is 8.52. The summed E-state index contributed by atoms with van der Waals surface area (Å²) >= 11 is 0. The predicted molar refractivity (Wildman–Crippen MR) is 104 cm³/mol. The number of carbonyl (C=O) groups is 2. The molecule has 0 aliphatic carbocycles. The molecule has 0 spiro atoms. The molecule has 2 aliphatic heterocycles. The zero-order chi connectivity index (χ0) is 19.9. The highest BCUT2D eigenvalue weighted by Crippen LogP contribution is 2.28. The molecule has 2 saturated heterocycles. The van der Waals surface area contributed by atoms with Gasteiger partial charge in [0.25, 0.3) is 5.91 Å². The highest BCUT2D eigenvalue weighted by atomic mass is 16.2. The van der Waals surface area contributed by atoms with Crippen LogP contribution >= 0.6 is 0 Å². The maximum Gasteiger partial charge on any atom is 0.291 e. The molecule has 2 N–H and O–H groups in total. The number of aromatic nitrogens is 2. The second kappa shape index (κ2) is 7.07. The van der Waals surface area contributed by atoms with Crippen LogP contribution in [0, 0.1) is 19.3 Å².